The van der Waals surface area contributed by atoms with Crippen LogP contribution in [0.5, 0.6) is 5.75 Å². The van der Waals surface area contributed by atoms with Crippen LogP contribution in [0.25, 0.3) is 11.0 Å². The summed E-state index contributed by atoms with van der Waals surface area (Å²) in [5, 5.41) is 23.1. The fourth-order valence-electron chi connectivity index (χ4n) is 3.05. The van der Waals surface area contributed by atoms with E-state index in [0.29, 0.717) is 23.4 Å². The lowest BCUT2D eigenvalue weighted by Gasteiger charge is -2.17. The molecule has 0 aliphatic heterocycles. The van der Waals surface area contributed by atoms with Gasteiger partial charge in [0.05, 0.1) is 29.1 Å². The maximum absolute atomic E-state index is 12.7. The van der Waals surface area contributed by atoms with E-state index in [0.717, 1.165) is 5.52 Å². The van der Waals surface area contributed by atoms with Crippen molar-refractivity contribution < 1.29 is 19.6 Å². The molecule has 0 bridgehead atoms. The van der Waals surface area contributed by atoms with Crippen LogP contribution in [0.4, 0.5) is 11.4 Å². The molecule has 0 saturated heterocycles. The first-order valence-electron chi connectivity index (χ1n) is 9.68. The highest BCUT2D eigenvalue weighted by Gasteiger charge is 2.17. The molecule has 1 amide bonds. The standard InChI is InChI=1S/C21H24N4O5/c1-4-16(11-26)30-17-9-18(20-19(10-17)24(12-22-20)13(2)3)23-21(27)14-5-7-15(8-6-14)25(28)29/h5-10,12-13,16,26H,4,11H2,1-3H3,(H,23,27). The lowest BCUT2D eigenvalue weighted by molar-refractivity contribution is -0.384. The van der Waals surface area contributed by atoms with E-state index in [1.807, 2.05) is 31.4 Å². The molecule has 1 heterocycles. The van der Waals surface area contributed by atoms with Gasteiger partial charge in [0.2, 0.25) is 0 Å². The molecule has 0 spiro atoms. The van der Waals surface area contributed by atoms with Crippen molar-refractivity contribution in [3.05, 3.63) is 58.4 Å². The van der Waals surface area contributed by atoms with Gasteiger partial charge in [-0.2, -0.15) is 0 Å². The number of rotatable bonds is 8. The van der Waals surface area contributed by atoms with Crippen LogP contribution in [0.15, 0.2) is 42.7 Å². The van der Waals surface area contributed by atoms with E-state index in [1.54, 1.807) is 12.4 Å². The highest BCUT2D eigenvalue weighted by Crippen LogP contribution is 2.31. The average Bonchev–Trinajstić information content (AvgIpc) is 3.16. The second-order valence-corrected chi connectivity index (χ2v) is 7.17. The number of hydrogen-bond acceptors (Lipinski definition) is 6. The molecule has 9 heteroatoms. The second kappa shape index (κ2) is 8.91. The van der Waals surface area contributed by atoms with E-state index in [-0.39, 0.29) is 30.0 Å². The first kappa shape index (κ1) is 21.3. The van der Waals surface area contributed by atoms with E-state index in [4.69, 9.17) is 4.74 Å². The quantitative estimate of drug-likeness (QED) is 0.427. The Balaban J connectivity index is 1.98. The molecule has 0 saturated carbocycles. The number of aliphatic hydroxyl groups is 1. The number of nitro benzene ring substituents is 1. The fourth-order valence-corrected chi connectivity index (χ4v) is 3.05. The molecular formula is C21H24N4O5. The zero-order valence-corrected chi connectivity index (χ0v) is 17.0. The number of carbonyl (C=O) groups is 1. The normalized spacial score (nSPS) is 12.2. The Kier molecular flexibility index (Phi) is 6.31. The summed E-state index contributed by atoms with van der Waals surface area (Å²) in [5.41, 5.74) is 2.04. The summed E-state index contributed by atoms with van der Waals surface area (Å²) >= 11 is 0. The average molecular weight is 412 g/mol. The smallest absolute Gasteiger partial charge is 0.269 e. The van der Waals surface area contributed by atoms with Gasteiger partial charge in [-0.3, -0.25) is 14.9 Å². The molecule has 0 radical (unpaired) electrons. The number of nitrogens with one attached hydrogen (secondary N) is 1. The molecule has 0 aliphatic carbocycles. The largest absolute Gasteiger partial charge is 0.488 e. The van der Waals surface area contributed by atoms with Crippen LogP contribution in [-0.2, 0) is 0 Å². The molecule has 0 aliphatic rings. The summed E-state index contributed by atoms with van der Waals surface area (Å²) in [6, 6.07) is 9.01. The predicted octanol–water partition coefficient (Wildman–Crippen LogP) is 3.93. The molecule has 1 unspecified atom stereocenters. The van der Waals surface area contributed by atoms with E-state index in [1.165, 1.54) is 24.3 Å². The lowest BCUT2D eigenvalue weighted by atomic mass is 10.1. The fraction of sp³-hybridized carbons (Fsp3) is 0.333. The molecule has 3 rings (SSSR count). The molecule has 2 aromatic carbocycles. The van der Waals surface area contributed by atoms with Gasteiger partial charge in [0, 0.05) is 35.9 Å². The zero-order valence-electron chi connectivity index (χ0n) is 17.0. The van der Waals surface area contributed by atoms with Crippen molar-refractivity contribution in [2.45, 2.75) is 39.3 Å². The molecule has 2 N–H and O–H groups in total. The molecule has 0 fully saturated rings. The molecule has 158 valence electrons. The van der Waals surface area contributed by atoms with Crippen LogP contribution < -0.4 is 10.1 Å². The van der Waals surface area contributed by atoms with Crippen LogP contribution >= 0.6 is 0 Å². The van der Waals surface area contributed by atoms with Gasteiger partial charge in [0.1, 0.15) is 17.4 Å². The summed E-state index contributed by atoms with van der Waals surface area (Å²) < 4.78 is 7.84. The second-order valence-electron chi connectivity index (χ2n) is 7.17. The number of carbonyl (C=O) groups excluding carboxylic acids is 1. The highest BCUT2D eigenvalue weighted by molar-refractivity contribution is 6.08. The van der Waals surface area contributed by atoms with Gasteiger partial charge in [-0.15, -0.1) is 0 Å². The number of benzene rings is 2. The first-order chi connectivity index (χ1) is 14.3. The van der Waals surface area contributed by atoms with Crippen LogP contribution in [0.2, 0.25) is 0 Å². The number of aliphatic hydroxyl groups excluding tert-OH is 1. The van der Waals surface area contributed by atoms with Crippen molar-refractivity contribution in [3.63, 3.8) is 0 Å². The summed E-state index contributed by atoms with van der Waals surface area (Å²) in [5.74, 6) is 0.0847. The Morgan fingerprint density at radius 1 is 1.30 bits per heavy atom. The number of nitro groups is 1. The number of imidazole rings is 1. The Morgan fingerprint density at radius 3 is 2.57 bits per heavy atom. The zero-order chi connectivity index (χ0) is 21.8. The summed E-state index contributed by atoms with van der Waals surface area (Å²) in [7, 11) is 0. The molecule has 30 heavy (non-hydrogen) atoms. The summed E-state index contributed by atoms with van der Waals surface area (Å²) in [6.45, 7) is 5.83. The first-order valence-corrected chi connectivity index (χ1v) is 9.68. The topological polar surface area (TPSA) is 120 Å². The molecular weight excluding hydrogens is 388 g/mol. The van der Waals surface area contributed by atoms with Crippen molar-refractivity contribution in [2.24, 2.45) is 0 Å². The summed E-state index contributed by atoms with van der Waals surface area (Å²) in [6.07, 6.45) is 1.96. The van der Waals surface area contributed by atoms with Gasteiger partial charge in [-0.05, 0) is 32.4 Å². The molecule has 1 aromatic heterocycles. The third kappa shape index (κ3) is 4.41. The number of amides is 1. The third-order valence-electron chi connectivity index (χ3n) is 4.76. The van der Waals surface area contributed by atoms with E-state index >= 15 is 0 Å². The monoisotopic (exact) mass is 412 g/mol. The number of hydrogen-bond donors (Lipinski definition) is 2. The minimum Gasteiger partial charge on any atom is -0.488 e. The van der Waals surface area contributed by atoms with Crippen molar-refractivity contribution in [1.29, 1.82) is 0 Å². The van der Waals surface area contributed by atoms with Gasteiger partial charge in [-0.1, -0.05) is 6.92 Å². The molecule has 1 atom stereocenters. The number of ether oxygens (including phenoxy) is 1. The number of non-ortho nitro benzene ring substituents is 1. The van der Waals surface area contributed by atoms with Gasteiger partial charge in [0.15, 0.2) is 0 Å². The number of aromatic nitrogens is 2. The van der Waals surface area contributed by atoms with Gasteiger partial charge in [0.25, 0.3) is 11.6 Å². The van der Waals surface area contributed by atoms with Crippen LogP contribution in [-0.4, -0.2) is 38.2 Å². The SMILES string of the molecule is CCC(CO)Oc1cc(NC(=O)c2ccc([N+](=O)[O-])cc2)c2ncn(C(C)C)c2c1. The third-order valence-corrected chi connectivity index (χ3v) is 4.76. The van der Waals surface area contributed by atoms with Crippen LogP contribution in [0.1, 0.15) is 43.6 Å². The van der Waals surface area contributed by atoms with Gasteiger partial charge >= 0.3 is 0 Å². The van der Waals surface area contributed by atoms with Gasteiger partial charge in [-0.25, -0.2) is 4.98 Å². The predicted molar refractivity (Wildman–Crippen MR) is 113 cm³/mol. The van der Waals surface area contributed by atoms with Crippen molar-refractivity contribution in [2.75, 3.05) is 11.9 Å². The Hall–Kier alpha value is -3.46. The van der Waals surface area contributed by atoms with Crippen molar-refractivity contribution in [3.8, 4) is 5.75 Å². The number of fused-ring (bicyclic) bond motifs is 1. The van der Waals surface area contributed by atoms with Crippen LogP contribution in [0.3, 0.4) is 0 Å². The number of nitrogens with zero attached hydrogens (tertiary/aromatic N) is 3. The minimum absolute atomic E-state index is 0.0883. The maximum atomic E-state index is 12.7. The van der Waals surface area contributed by atoms with Gasteiger partial charge < -0.3 is 19.7 Å². The molecule has 3 aromatic rings. The van der Waals surface area contributed by atoms with E-state index in [2.05, 4.69) is 10.3 Å². The minimum atomic E-state index is -0.518. The van der Waals surface area contributed by atoms with Crippen LogP contribution in [0, 0.1) is 10.1 Å². The molecule has 9 nitrogen and oxygen atoms in total. The summed E-state index contributed by atoms with van der Waals surface area (Å²) in [4.78, 5) is 27.5. The Bertz CT molecular complexity index is 1060. The number of anilines is 1. The maximum Gasteiger partial charge on any atom is 0.269 e. The highest BCUT2D eigenvalue weighted by atomic mass is 16.6. The van der Waals surface area contributed by atoms with Crippen molar-refractivity contribution >= 4 is 28.3 Å². The lowest BCUT2D eigenvalue weighted by Crippen LogP contribution is -2.20. The Labute approximate surface area is 173 Å². The van der Waals surface area contributed by atoms with E-state index < -0.39 is 10.8 Å². The van der Waals surface area contributed by atoms with E-state index in [9.17, 15) is 20.0 Å². The Morgan fingerprint density at radius 2 is 2.00 bits per heavy atom. The van der Waals surface area contributed by atoms with Crippen molar-refractivity contribution in [1.82, 2.24) is 9.55 Å².